The van der Waals surface area contributed by atoms with Gasteiger partial charge in [0.2, 0.25) is 0 Å². The summed E-state index contributed by atoms with van der Waals surface area (Å²) < 4.78 is 6.14. The Bertz CT molecular complexity index is 773. The van der Waals surface area contributed by atoms with Gasteiger partial charge in [0.25, 0.3) is 0 Å². The van der Waals surface area contributed by atoms with E-state index in [0.717, 1.165) is 15.0 Å². The molecule has 96 valence electrons. The molecule has 0 saturated heterocycles. The molecule has 2 heterocycles. The summed E-state index contributed by atoms with van der Waals surface area (Å²) in [4.78, 5) is 5.07. The lowest BCUT2D eigenvalue weighted by atomic mass is 10.2. The molecule has 1 aromatic carbocycles. The van der Waals surface area contributed by atoms with E-state index in [4.69, 9.17) is 4.42 Å². The van der Waals surface area contributed by atoms with Crippen LogP contribution in [0.4, 0.5) is 11.7 Å². The molecule has 0 spiro atoms. The van der Waals surface area contributed by atoms with E-state index in [0.29, 0.717) is 11.4 Å². The molecule has 0 radical (unpaired) electrons. The van der Waals surface area contributed by atoms with Crippen molar-refractivity contribution in [1.29, 1.82) is 0 Å². The zero-order valence-electron chi connectivity index (χ0n) is 10.4. The fourth-order valence-electron chi connectivity index (χ4n) is 1.78. The molecule has 3 aromatic rings. The van der Waals surface area contributed by atoms with Crippen LogP contribution in [0.25, 0.3) is 10.1 Å². The van der Waals surface area contributed by atoms with Crippen LogP contribution in [0.5, 0.6) is 5.75 Å². The summed E-state index contributed by atoms with van der Waals surface area (Å²) in [6.07, 6.45) is 1.59. The predicted molar refractivity (Wildman–Crippen MR) is 73.6 cm³/mol. The van der Waals surface area contributed by atoms with Gasteiger partial charge in [-0.15, -0.1) is 16.5 Å². The van der Waals surface area contributed by atoms with Crippen LogP contribution in [0.3, 0.4) is 0 Å². The van der Waals surface area contributed by atoms with Crippen LogP contribution in [0.1, 0.15) is 10.6 Å². The summed E-state index contributed by atoms with van der Waals surface area (Å²) >= 11 is 1.57. The molecule has 0 aliphatic rings. The number of nitrogens with zero attached hydrogens (tertiary/aromatic N) is 3. The molecule has 0 saturated carbocycles. The van der Waals surface area contributed by atoms with Crippen LogP contribution >= 0.6 is 11.3 Å². The Morgan fingerprint density at radius 3 is 2.84 bits per heavy atom. The summed E-state index contributed by atoms with van der Waals surface area (Å²) in [5, 5.41) is 18.7. The molecule has 0 unspecified atom stereocenters. The number of aromatic nitrogens is 1. The number of phenols is 1. The van der Waals surface area contributed by atoms with E-state index >= 15 is 0 Å². The molecule has 0 aliphatic heterocycles. The maximum atomic E-state index is 9.80. The highest BCUT2D eigenvalue weighted by atomic mass is 32.1. The highest BCUT2D eigenvalue weighted by Crippen LogP contribution is 2.39. The fourth-order valence-corrected chi connectivity index (χ4v) is 2.77. The van der Waals surface area contributed by atoms with Gasteiger partial charge in [-0.05, 0) is 32.0 Å². The van der Waals surface area contributed by atoms with Gasteiger partial charge in [0.05, 0.1) is 10.9 Å². The molecular formula is C13H11N3O2S. The highest BCUT2D eigenvalue weighted by Gasteiger charge is 2.08. The van der Waals surface area contributed by atoms with Gasteiger partial charge in [0, 0.05) is 10.3 Å². The summed E-state index contributed by atoms with van der Waals surface area (Å²) in [6, 6.07) is 5.51. The van der Waals surface area contributed by atoms with Crippen molar-refractivity contribution in [3.63, 3.8) is 0 Å². The third-order valence-corrected chi connectivity index (χ3v) is 3.69. The van der Waals surface area contributed by atoms with E-state index in [-0.39, 0.29) is 11.8 Å². The Kier molecular flexibility index (Phi) is 2.79. The SMILES string of the molecule is Cc1cnc(N=Nc2ccc(O)c3cc(C)sc23)o1. The molecule has 1 N–H and O–H groups in total. The maximum absolute atomic E-state index is 9.80. The number of hydrogen-bond donors (Lipinski definition) is 1. The lowest BCUT2D eigenvalue weighted by molar-refractivity contribution is 0.482. The first-order valence-corrected chi connectivity index (χ1v) is 6.51. The van der Waals surface area contributed by atoms with Gasteiger partial charge < -0.3 is 9.52 Å². The molecule has 0 fully saturated rings. The van der Waals surface area contributed by atoms with Crippen molar-refractivity contribution >= 4 is 33.1 Å². The van der Waals surface area contributed by atoms with Gasteiger partial charge in [-0.1, -0.05) is 5.11 Å². The van der Waals surface area contributed by atoms with Crippen LogP contribution in [0.2, 0.25) is 0 Å². The molecule has 0 atom stereocenters. The maximum Gasteiger partial charge on any atom is 0.341 e. The number of aryl methyl sites for hydroxylation is 2. The van der Waals surface area contributed by atoms with Gasteiger partial charge in [0.15, 0.2) is 0 Å². The van der Waals surface area contributed by atoms with E-state index in [2.05, 4.69) is 15.2 Å². The smallest absolute Gasteiger partial charge is 0.341 e. The molecule has 5 nitrogen and oxygen atoms in total. The second kappa shape index (κ2) is 4.47. The van der Waals surface area contributed by atoms with E-state index < -0.39 is 0 Å². The van der Waals surface area contributed by atoms with Crippen LogP contribution < -0.4 is 0 Å². The molecule has 0 bridgehead atoms. The minimum atomic E-state index is 0.229. The van der Waals surface area contributed by atoms with E-state index in [1.807, 2.05) is 13.0 Å². The lowest BCUT2D eigenvalue weighted by Crippen LogP contribution is -1.68. The monoisotopic (exact) mass is 273 g/mol. The number of azo groups is 1. The van der Waals surface area contributed by atoms with Crippen molar-refractivity contribution in [3.05, 3.63) is 35.0 Å². The van der Waals surface area contributed by atoms with E-state index in [1.165, 1.54) is 0 Å². The van der Waals surface area contributed by atoms with Crippen LogP contribution in [-0.4, -0.2) is 10.1 Å². The van der Waals surface area contributed by atoms with Gasteiger partial charge in [-0.3, -0.25) is 0 Å². The van der Waals surface area contributed by atoms with Gasteiger partial charge in [-0.25, -0.2) is 0 Å². The first-order chi connectivity index (χ1) is 9.13. The van der Waals surface area contributed by atoms with Gasteiger partial charge in [0.1, 0.15) is 17.2 Å². The standard InChI is InChI=1S/C13H11N3O2S/c1-7-6-14-13(18-7)16-15-10-3-4-11(17)9-5-8(2)19-12(9)10/h3-6,17H,1-2H3. The topological polar surface area (TPSA) is 71.0 Å². The first-order valence-electron chi connectivity index (χ1n) is 5.70. The van der Waals surface area contributed by atoms with Crippen molar-refractivity contribution in [1.82, 2.24) is 4.98 Å². The second-order valence-electron chi connectivity index (χ2n) is 4.16. The Morgan fingerprint density at radius 1 is 1.26 bits per heavy atom. The van der Waals surface area contributed by atoms with E-state index in [1.54, 1.807) is 36.6 Å². The number of hydrogen-bond acceptors (Lipinski definition) is 6. The minimum Gasteiger partial charge on any atom is -0.507 e. The molecule has 0 aliphatic carbocycles. The normalized spacial score (nSPS) is 11.7. The van der Waals surface area contributed by atoms with Crippen LogP contribution in [-0.2, 0) is 0 Å². The molecule has 3 rings (SSSR count). The highest BCUT2D eigenvalue weighted by molar-refractivity contribution is 7.19. The quantitative estimate of drug-likeness (QED) is 0.692. The van der Waals surface area contributed by atoms with Crippen LogP contribution in [0, 0.1) is 13.8 Å². The second-order valence-corrected chi connectivity index (χ2v) is 5.41. The number of rotatable bonds is 2. The van der Waals surface area contributed by atoms with Crippen LogP contribution in [0.15, 0.2) is 39.0 Å². The summed E-state index contributed by atoms with van der Waals surface area (Å²) in [5.74, 6) is 0.946. The third kappa shape index (κ3) is 2.22. The molecule has 6 heteroatoms. The Morgan fingerprint density at radius 2 is 2.11 bits per heavy atom. The van der Waals surface area contributed by atoms with Crippen molar-refractivity contribution in [3.8, 4) is 5.75 Å². The van der Waals surface area contributed by atoms with Gasteiger partial charge in [-0.2, -0.15) is 4.98 Å². The summed E-state index contributed by atoms with van der Waals surface area (Å²) in [5.41, 5.74) is 0.696. The van der Waals surface area contributed by atoms with Crippen molar-refractivity contribution in [2.75, 3.05) is 0 Å². The Labute approximate surface area is 113 Å². The Balaban J connectivity index is 2.05. The molecule has 0 amide bonds. The number of benzene rings is 1. The third-order valence-electron chi connectivity index (χ3n) is 2.62. The average Bonchev–Trinajstić information content (AvgIpc) is 2.95. The predicted octanol–water partition coefficient (Wildman–Crippen LogP) is 4.63. The zero-order chi connectivity index (χ0) is 13.4. The van der Waals surface area contributed by atoms with Crippen molar-refractivity contribution < 1.29 is 9.52 Å². The van der Waals surface area contributed by atoms with Crippen molar-refractivity contribution in [2.45, 2.75) is 13.8 Å². The minimum absolute atomic E-state index is 0.229. The zero-order valence-corrected chi connectivity index (χ0v) is 11.2. The number of oxazole rings is 1. The molecule has 19 heavy (non-hydrogen) atoms. The summed E-state index contributed by atoms with van der Waals surface area (Å²) in [6.45, 7) is 3.79. The fraction of sp³-hybridized carbons (Fsp3) is 0.154. The Hall–Kier alpha value is -2.21. The lowest BCUT2D eigenvalue weighted by Gasteiger charge is -1.97. The first kappa shape index (κ1) is 11.9. The van der Waals surface area contributed by atoms with E-state index in [9.17, 15) is 5.11 Å². The number of phenolic OH excluding ortho intramolecular Hbond substituents is 1. The molecular weight excluding hydrogens is 262 g/mol. The number of aromatic hydroxyl groups is 1. The number of thiophene rings is 1. The largest absolute Gasteiger partial charge is 0.507 e. The summed E-state index contributed by atoms with van der Waals surface area (Å²) in [7, 11) is 0. The molecule has 2 aromatic heterocycles. The van der Waals surface area contributed by atoms with Gasteiger partial charge >= 0.3 is 6.01 Å². The number of fused-ring (bicyclic) bond motifs is 1. The average molecular weight is 273 g/mol. The van der Waals surface area contributed by atoms with Crippen molar-refractivity contribution in [2.24, 2.45) is 10.2 Å².